The van der Waals surface area contributed by atoms with E-state index >= 15 is 0 Å². The number of fused-ring (bicyclic) bond motifs is 1. The van der Waals surface area contributed by atoms with Gasteiger partial charge < -0.3 is 9.52 Å². The molecule has 2 aromatic rings. The second-order valence-corrected chi connectivity index (χ2v) is 3.92. The van der Waals surface area contributed by atoms with Crippen LogP contribution in [0.3, 0.4) is 0 Å². The Morgan fingerprint density at radius 3 is 2.93 bits per heavy atom. The van der Waals surface area contributed by atoms with Crippen molar-refractivity contribution in [1.82, 2.24) is 0 Å². The first kappa shape index (κ1) is 9.98. The molecule has 0 radical (unpaired) electrons. The molecule has 76 valence electrons. The molecule has 3 nitrogen and oxygen atoms in total. The minimum atomic E-state index is -0.989. The van der Waals surface area contributed by atoms with Gasteiger partial charge in [-0.3, -0.25) is 0 Å². The Hall–Kier alpha value is -1.55. The monoisotopic (exact) mass is 266 g/mol. The second-order valence-electron chi connectivity index (χ2n) is 3.00. The highest BCUT2D eigenvalue weighted by atomic mass is 79.9. The van der Waals surface area contributed by atoms with Crippen LogP contribution in [0.5, 0.6) is 0 Å². The highest BCUT2D eigenvalue weighted by Crippen LogP contribution is 2.23. The van der Waals surface area contributed by atoms with Gasteiger partial charge in [-0.15, -0.1) is 0 Å². The van der Waals surface area contributed by atoms with Crippen molar-refractivity contribution in [3.05, 3.63) is 40.6 Å². The van der Waals surface area contributed by atoms with Gasteiger partial charge >= 0.3 is 5.97 Å². The standard InChI is InChI=1S/C11H7BrO3/c12-8-2-1-7-5-9(3-4-11(13)14)15-10(7)6-8/h1-6H,(H,13,14). The van der Waals surface area contributed by atoms with Gasteiger partial charge in [0, 0.05) is 15.9 Å². The van der Waals surface area contributed by atoms with E-state index in [1.54, 1.807) is 6.07 Å². The summed E-state index contributed by atoms with van der Waals surface area (Å²) in [5, 5.41) is 9.41. The summed E-state index contributed by atoms with van der Waals surface area (Å²) in [6.45, 7) is 0. The van der Waals surface area contributed by atoms with E-state index in [1.165, 1.54) is 6.08 Å². The van der Waals surface area contributed by atoms with Crippen molar-refractivity contribution in [1.29, 1.82) is 0 Å². The van der Waals surface area contributed by atoms with Gasteiger partial charge in [0.25, 0.3) is 0 Å². The van der Waals surface area contributed by atoms with Crippen LogP contribution in [0, 0.1) is 0 Å². The lowest BCUT2D eigenvalue weighted by molar-refractivity contribution is -0.131. The number of carboxylic acid groups (broad SMARTS) is 1. The van der Waals surface area contributed by atoms with Crippen LogP contribution >= 0.6 is 15.9 Å². The van der Waals surface area contributed by atoms with Crippen molar-refractivity contribution in [3.8, 4) is 0 Å². The van der Waals surface area contributed by atoms with Crippen LogP contribution in [-0.4, -0.2) is 11.1 Å². The van der Waals surface area contributed by atoms with E-state index in [2.05, 4.69) is 15.9 Å². The molecule has 0 spiro atoms. The van der Waals surface area contributed by atoms with Crippen molar-refractivity contribution >= 4 is 38.9 Å². The predicted octanol–water partition coefficient (Wildman–Crippen LogP) is 3.29. The molecule has 0 aliphatic rings. The topological polar surface area (TPSA) is 50.4 Å². The van der Waals surface area contributed by atoms with Gasteiger partial charge in [0.05, 0.1) is 0 Å². The fraction of sp³-hybridized carbons (Fsp3) is 0. The number of halogens is 1. The van der Waals surface area contributed by atoms with Gasteiger partial charge in [0.1, 0.15) is 11.3 Å². The number of hydrogen-bond acceptors (Lipinski definition) is 2. The number of carbonyl (C=O) groups is 1. The SMILES string of the molecule is O=C(O)C=Cc1cc2ccc(Br)cc2o1. The van der Waals surface area contributed by atoms with Crippen molar-refractivity contribution in [2.75, 3.05) is 0 Å². The molecule has 1 aromatic carbocycles. The molecule has 0 bridgehead atoms. The number of aliphatic carboxylic acids is 1. The molecule has 1 aromatic heterocycles. The van der Waals surface area contributed by atoms with Crippen LogP contribution in [-0.2, 0) is 4.79 Å². The number of carboxylic acids is 1. The molecule has 0 aliphatic carbocycles. The van der Waals surface area contributed by atoms with Gasteiger partial charge in [0.15, 0.2) is 0 Å². The summed E-state index contributed by atoms with van der Waals surface area (Å²) in [5.41, 5.74) is 0.731. The lowest BCUT2D eigenvalue weighted by Gasteiger charge is -1.88. The molecular weight excluding hydrogens is 260 g/mol. The zero-order chi connectivity index (χ0) is 10.8. The Kier molecular flexibility index (Phi) is 2.60. The van der Waals surface area contributed by atoms with E-state index in [1.807, 2.05) is 18.2 Å². The first-order valence-corrected chi connectivity index (χ1v) is 5.04. The maximum atomic E-state index is 10.3. The summed E-state index contributed by atoms with van der Waals surface area (Å²) in [6, 6.07) is 7.44. The molecule has 0 amide bonds. The zero-order valence-corrected chi connectivity index (χ0v) is 9.19. The maximum absolute atomic E-state index is 10.3. The van der Waals surface area contributed by atoms with Crippen molar-refractivity contribution < 1.29 is 14.3 Å². The fourth-order valence-corrected chi connectivity index (χ4v) is 1.60. The van der Waals surface area contributed by atoms with E-state index < -0.39 is 5.97 Å². The highest BCUT2D eigenvalue weighted by molar-refractivity contribution is 9.10. The molecule has 15 heavy (non-hydrogen) atoms. The van der Waals surface area contributed by atoms with Gasteiger partial charge in [-0.2, -0.15) is 0 Å². The molecule has 0 fully saturated rings. The lowest BCUT2D eigenvalue weighted by Crippen LogP contribution is -1.84. The average Bonchev–Trinajstić information content (AvgIpc) is 2.56. The normalized spacial score (nSPS) is 11.3. The maximum Gasteiger partial charge on any atom is 0.328 e. The summed E-state index contributed by atoms with van der Waals surface area (Å²) in [4.78, 5) is 10.3. The quantitative estimate of drug-likeness (QED) is 0.849. The number of benzene rings is 1. The van der Waals surface area contributed by atoms with E-state index in [0.717, 1.165) is 21.5 Å². The van der Waals surface area contributed by atoms with Crippen LogP contribution in [0.1, 0.15) is 5.76 Å². The fourth-order valence-electron chi connectivity index (χ4n) is 1.26. The largest absolute Gasteiger partial charge is 0.478 e. The van der Waals surface area contributed by atoms with Crippen molar-refractivity contribution in [3.63, 3.8) is 0 Å². The van der Waals surface area contributed by atoms with Crippen LogP contribution in [0.25, 0.3) is 17.0 Å². The minimum absolute atomic E-state index is 0.533. The molecule has 0 saturated carbocycles. The Labute approximate surface area is 94.1 Å². The van der Waals surface area contributed by atoms with E-state index in [-0.39, 0.29) is 0 Å². The molecule has 2 rings (SSSR count). The molecule has 1 heterocycles. The van der Waals surface area contributed by atoms with E-state index in [4.69, 9.17) is 9.52 Å². The second kappa shape index (κ2) is 3.90. The lowest BCUT2D eigenvalue weighted by atomic mass is 10.2. The average molecular weight is 267 g/mol. The third-order valence-electron chi connectivity index (χ3n) is 1.89. The Morgan fingerprint density at radius 2 is 2.20 bits per heavy atom. The molecular formula is C11H7BrO3. The predicted molar refractivity (Wildman–Crippen MR) is 60.6 cm³/mol. The highest BCUT2D eigenvalue weighted by Gasteiger charge is 2.01. The molecule has 1 N–H and O–H groups in total. The molecule has 0 unspecified atom stereocenters. The van der Waals surface area contributed by atoms with Crippen LogP contribution in [0.15, 0.2) is 39.2 Å². The van der Waals surface area contributed by atoms with Crippen LogP contribution < -0.4 is 0 Å². The summed E-state index contributed by atoms with van der Waals surface area (Å²) in [6.07, 6.45) is 2.48. The Bertz CT molecular complexity index is 540. The molecule has 0 atom stereocenters. The number of rotatable bonds is 2. The Morgan fingerprint density at radius 1 is 1.40 bits per heavy atom. The van der Waals surface area contributed by atoms with Crippen molar-refractivity contribution in [2.45, 2.75) is 0 Å². The smallest absolute Gasteiger partial charge is 0.328 e. The molecule has 0 aliphatic heterocycles. The number of hydrogen-bond donors (Lipinski definition) is 1. The van der Waals surface area contributed by atoms with Gasteiger partial charge in [-0.25, -0.2) is 4.79 Å². The summed E-state index contributed by atoms with van der Waals surface area (Å²) >= 11 is 3.33. The first-order valence-electron chi connectivity index (χ1n) is 4.25. The summed E-state index contributed by atoms with van der Waals surface area (Å²) in [5.74, 6) is -0.456. The Balaban J connectivity index is 2.43. The number of furan rings is 1. The van der Waals surface area contributed by atoms with Crippen molar-refractivity contribution in [2.24, 2.45) is 0 Å². The van der Waals surface area contributed by atoms with Gasteiger partial charge in [0.2, 0.25) is 0 Å². The summed E-state index contributed by atoms with van der Waals surface area (Å²) < 4.78 is 6.35. The molecule has 0 saturated heterocycles. The summed E-state index contributed by atoms with van der Waals surface area (Å²) in [7, 11) is 0. The third-order valence-corrected chi connectivity index (χ3v) is 2.38. The minimum Gasteiger partial charge on any atom is -0.478 e. The molecule has 4 heteroatoms. The van der Waals surface area contributed by atoms with Gasteiger partial charge in [-0.1, -0.05) is 15.9 Å². The zero-order valence-electron chi connectivity index (χ0n) is 7.61. The van der Waals surface area contributed by atoms with Crippen LogP contribution in [0.2, 0.25) is 0 Å². The van der Waals surface area contributed by atoms with Crippen LogP contribution in [0.4, 0.5) is 0 Å². The first-order chi connectivity index (χ1) is 7.15. The third kappa shape index (κ3) is 2.27. The van der Waals surface area contributed by atoms with E-state index in [0.29, 0.717) is 5.76 Å². The van der Waals surface area contributed by atoms with Gasteiger partial charge in [-0.05, 0) is 30.3 Å². The van der Waals surface area contributed by atoms with E-state index in [9.17, 15) is 4.79 Å².